The van der Waals surface area contributed by atoms with Gasteiger partial charge in [0.15, 0.2) is 0 Å². The summed E-state index contributed by atoms with van der Waals surface area (Å²) in [5.41, 5.74) is 0.401. The van der Waals surface area contributed by atoms with Crippen LogP contribution in [0.3, 0.4) is 0 Å². The van der Waals surface area contributed by atoms with Gasteiger partial charge in [-0.1, -0.05) is 0 Å². The van der Waals surface area contributed by atoms with E-state index in [9.17, 15) is 5.11 Å². The van der Waals surface area contributed by atoms with Crippen LogP contribution >= 0.6 is 0 Å². The van der Waals surface area contributed by atoms with Gasteiger partial charge in [0.2, 0.25) is 0 Å². The zero-order valence-corrected chi connectivity index (χ0v) is 11.8. The summed E-state index contributed by atoms with van der Waals surface area (Å²) in [4.78, 5) is 2.24. The second kappa shape index (κ2) is 6.52. The molecule has 1 fully saturated rings. The molecule has 5 heteroatoms. The average Bonchev–Trinajstić information content (AvgIpc) is 2.76. The van der Waals surface area contributed by atoms with Crippen LogP contribution in [0.1, 0.15) is 18.2 Å². The van der Waals surface area contributed by atoms with Gasteiger partial charge in [0.1, 0.15) is 5.76 Å². The van der Waals surface area contributed by atoms with E-state index in [-0.39, 0.29) is 0 Å². The summed E-state index contributed by atoms with van der Waals surface area (Å²) >= 11 is 0. The van der Waals surface area contributed by atoms with Crippen molar-refractivity contribution in [2.75, 3.05) is 39.4 Å². The smallest absolute Gasteiger partial charge is 0.120 e. The summed E-state index contributed by atoms with van der Waals surface area (Å²) in [6, 6.07) is 1.95. The fourth-order valence-corrected chi connectivity index (χ4v) is 2.33. The van der Waals surface area contributed by atoms with E-state index in [2.05, 4.69) is 10.2 Å². The third kappa shape index (κ3) is 4.62. The molecule has 1 unspecified atom stereocenters. The molecular weight excluding hydrogens is 244 g/mol. The molecule has 2 N–H and O–H groups in total. The number of hydrogen-bond acceptors (Lipinski definition) is 5. The van der Waals surface area contributed by atoms with Crippen molar-refractivity contribution >= 4 is 0 Å². The predicted molar refractivity (Wildman–Crippen MR) is 73.0 cm³/mol. The Morgan fingerprint density at radius 3 is 2.79 bits per heavy atom. The Hall–Kier alpha value is -0.880. The average molecular weight is 268 g/mol. The number of aryl methyl sites for hydroxylation is 1. The van der Waals surface area contributed by atoms with Gasteiger partial charge in [-0.15, -0.1) is 0 Å². The lowest BCUT2D eigenvalue weighted by Gasteiger charge is -2.33. The van der Waals surface area contributed by atoms with Gasteiger partial charge in [0.05, 0.1) is 31.6 Å². The van der Waals surface area contributed by atoms with Crippen molar-refractivity contribution in [3.8, 4) is 0 Å². The Morgan fingerprint density at radius 2 is 2.16 bits per heavy atom. The van der Waals surface area contributed by atoms with Crippen LogP contribution in [0.2, 0.25) is 0 Å². The van der Waals surface area contributed by atoms with Gasteiger partial charge in [-0.05, 0) is 25.5 Å². The summed E-state index contributed by atoms with van der Waals surface area (Å²) in [6.07, 6.45) is 1.69. The molecule has 19 heavy (non-hydrogen) atoms. The van der Waals surface area contributed by atoms with E-state index in [1.165, 1.54) is 0 Å². The molecule has 0 spiro atoms. The molecule has 1 aliphatic heterocycles. The molecule has 2 rings (SSSR count). The highest BCUT2D eigenvalue weighted by Crippen LogP contribution is 2.10. The lowest BCUT2D eigenvalue weighted by Crippen LogP contribution is -2.50. The number of rotatable bonds is 6. The molecule has 0 amide bonds. The topological polar surface area (TPSA) is 57.9 Å². The Bertz CT molecular complexity index is 384. The number of aliphatic hydroxyl groups is 1. The van der Waals surface area contributed by atoms with Crippen LogP contribution in [-0.4, -0.2) is 55.0 Å². The molecule has 1 aromatic rings. The van der Waals surface area contributed by atoms with Crippen LogP contribution in [0.25, 0.3) is 0 Å². The summed E-state index contributed by atoms with van der Waals surface area (Å²) in [7, 11) is 0. The minimum absolute atomic E-state index is 0.546. The fraction of sp³-hybridized carbons (Fsp3) is 0.714. The van der Waals surface area contributed by atoms with E-state index in [4.69, 9.17) is 9.15 Å². The van der Waals surface area contributed by atoms with Gasteiger partial charge >= 0.3 is 0 Å². The van der Waals surface area contributed by atoms with E-state index in [0.717, 1.165) is 37.6 Å². The van der Waals surface area contributed by atoms with Gasteiger partial charge in [0.25, 0.3) is 0 Å². The van der Waals surface area contributed by atoms with Crippen LogP contribution in [0.4, 0.5) is 0 Å². The number of hydrogen-bond donors (Lipinski definition) is 2. The highest BCUT2D eigenvalue weighted by molar-refractivity contribution is 5.14. The zero-order valence-electron chi connectivity index (χ0n) is 11.8. The van der Waals surface area contributed by atoms with E-state index in [1.54, 1.807) is 6.26 Å². The molecule has 1 saturated heterocycles. The maximum Gasteiger partial charge on any atom is 0.120 e. The largest absolute Gasteiger partial charge is 0.468 e. The second-order valence-electron chi connectivity index (χ2n) is 5.52. The Kier molecular flexibility index (Phi) is 4.99. The minimum atomic E-state index is -0.738. The minimum Gasteiger partial charge on any atom is -0.468 e. The van der Waals surface area contributed by atoms with E-state index in [0.29, 0.717) is 19.6 Å². The van der Waals surface area contributed by atoms with Crippen LogP contribution < -0.4 is 5.32 Å². The Labute approximate surface area is 114 Å². The summed E-state index contributed by atoms with van der Waals surface area (Å²) < 4.78 is 10.7. The molecule has 0 radical (unpaired) electrons. The molecule has 2 heterocycles. The molecule has 1 aromatic heterocycles. The monoisotopic (exact) mass is 268 g/mol. The Morgan fingerprint density at radius 1 is 1.42 bits per heavy atom. The normalized spacial score (nSPS) is 20.4. The number of β-amino-alcohol motifs (C(OH)–C–C–N with tert-alkyl or cyclic N) is 1. The fourth-order valence-electron chi connectivity index (χ4n) is 2.33. The van der Waals surface area contributed by atoms with Gasteiger partial charge in [-0.25, -0.2) is 0 Å². The Balaban J connectivity index is 1.72. The molecule has 0 aromatic carbocycles. The molecule has 0 aliphatic carbocycles. The van der Waals surface area contributed by atoms with E-state index >= 15 is 0 Å². The van der Waals surface area contributed by atoms with Crippen LogP contribution in [0, 0.1) is 6.92 Å². The van der Waals surface area contributed by atoms with Crippen molar-refractivity contribution in [3.63, 3.8) is 0 Å². The zero-order chi connectivity index (χ0) is 13.7. The third-order valence-corrected chi connectivity index (χ3v) is 3.43. The van der Waals surface area contributed by atoms with E-state index in [1.807, 2.05) is 19.9 Å². The standard InChI is InChI=1S/C14H24N2O3/c1-12-3-6-19-13(12)9-15-10-14(2,17)11-16-4-7-18-8-5-16/h3,6,15,17H,4-5,7-11H2,1-2H3. The quantitative estimate of drug-likeness (QED) is 0.798. The van der Waals surface area contributed by atoms with Gasteiger partial charge in [-0.3, -0.25) is 4.90 Å². The number of nitrogens with zero attached hydrogens (tertiary/aromatic N) is 1. The number of ether oxygens (including phenoxy) is 1. The first-order chi connectivity index (χ1) is 9.07. The number of furan rings is 1. The molecule has 5 nitrogen and oxygen atoms in total. The van der Waals surface area contributed by atoms with Crippen LogP contribution in [0.5, 0.6) is 0 Å². The van der Waals surface area contributed by atoms with Gasteiger partial charge in [-0.2, -0.15) is 0 Å². The van der Waals surface area contributed by atoms with Gasteiger partial charge in [0, 0.05) is 26.2 Å². The summed E-state index contributed by atoms with van der Waals surface area (Å²) in [6.45, 7) is 9.06. The highest BCUT2D eigenvalue weighted by Gasteiger charge is 2.24. The van der Waals surface area contributed by atoms with Crippen molar-refractivity contribution in [1.29, 1.82) is 0 Å². The van der Waals surface area contributed by atoms with Crippen LogP contribution in [0.15, 0.2) is 16.7 Å². The van der Waals surface area contributed by atoms with Crippen LogP contribution in [-0.2, 0) is 11.3 Å². The second-order valence-corrected chi connectivity index (χ2v) is 5.52. The summed E-state index contributed by atoms with van der Waals surface area (Å²) in [5, 5.41) is 13.6. The van der Waals surface area contributed by atoms with Crippen molar-refractivity contribution in [1.82, 2.24) is 10.2 Å². The third-order valence-electron chi connectivity index (χ3n) is 3.43. The maximum absolute atomic E-state index is 10.4. The number of morpholine rings is 1. The maximum atomic E-state index is 10.4. The lowest BCUT2D eigenvalue weighted by atomic mass is 10.1. The molecular formula is C14H24N2O3. The molecule has 1 aliphatic rings. The SMILES string of the molecule is Cc1ccoc1CNCC(C)(O)CN1CCOCC1. The first kappa shape index (κ1) is 14.5. The molecule has 0 bridgehead atoms. The van der Waals surface area contributed by atoms with E-state index < -0.39 is 5.60 Å². The van der Waals surface area contributed by atoms with Gasteiger partial charge < -0.3 is 19.6 Å². The molecule has 108 valence electrons. The molecule has 0 saturated carbocycles. The van der Waals surface area contributed by atoms with Crippen molar-refractivity contribution in [2.45, 2.75) is 26.0 Å². The van der Waals surface area contributed by atoms with Crippen molar-refractivity contribution < 1.29 is 14.3 Å². The van der Waals surface area contributed by atoms with Crippen molar-refractivity contribution in [2.24, 2.45) is 0 Å². The lowest BCUT2D eigenvalue weighted by molar-refractivity contribution is -0.0220. The van der Waals surface area contributed by atoms with Crippen molar-refractivity contribution in [3.05, 3.63) is 23.7 Å². The molecule has 1 atom stereocenters. The summed E-state index contributed by atoms with van der Waals surface area (Å²) in [5.74, 6) is 0.933. The number of nitrogens with one attached hydrogen (secondary N) is 1. The first-order valence-electron chi connectivity index (χ1n) is 6.83. The predicted octanol–water partition coefficient (Wildman–Crippen LogP) is 0.761. The first-order valence-corrected chi connectivity index (χ1v) is 6.83. The highest BCUT2D eigenvalue weighted by atomic mass is 16.5.